The molecule has 0 atom stereocenters. The van der Waals surface area contributed by atoms with Gasteiger partial charge in [0.05, 0.1) is 11.3 Å². The number of rotatable bonds is 4. The summed E-state index contributed by atoms with van der Waals surface area (Å²) in [5, 5.41) is 11.1. The van der Waals surface area contributed by atoms with Crippen molar-refractivity contribution in [2.24, 2.45) is 5.92 Å². The number of benzene rings is 1. The summed E-state index contributed by atoms with van der Waals surface area (Å²) in [6.45, 7) is 0.556. The lowest BCUT2D eigenvalue weighted by Crippen LogP contribution is -2.37. The third-order valence-corrected chi connectivity index (χ3v) is 3.63. The van der Waals surface area contributed by atoms with Crippen LogP contribution >= 0.6 is 0 Å². The number of amides is 2. The van der Waals surface area contributed by atoms with Gasteiger partial charge in [0.25, 0.3) is 0 Å². The molecule has 0 bridgehead atoms. The Hall–Kier alpha value is -2.18. The molecule has 0 aromatic heterocycles. The fraction of sp³-hybridized carbons (Fsp3) is 0.429. The van der Waals surface area contributed by atoms with Gasteiger partial charge < -0.3 is 15.3 Å². The van der Waals surface area contributed by atoms with E-state index in [1.807, 2.05) is 0 Å². The number of nitrogens with one attached hydrogen (secondary N) is 1. The van der Waals surface area contributed by atoms with Crippen molar-refractivity contribution in [3.63, 3.8) is 0 Å². The number of carboxylic acids is 1. The number of aromatic carboxylic acids is 1. The molecule has 2 N–H and O–H groups in total. The predicted octanol–water partition coefficient (Wildman–Crippen LogP) is 2.93. The molecule has 0 heterocycles. The number of urea groups is 1. The van der Waals surface area contributed by atoms with Crippen molar-refractivity contribution < 1.29 is 23.5 Å². The molecule has 0 aliphatic heterocycles. The van der Waals surface area contributed by atoms with E-state index >= 15 is 0 Å². The lowest BCUT2D eigenvalue weighted by molar-refractivity contribution is 0.0692. The number of carbonyl (C=O) groups is 2. The predicted molar refractivity (Wildman–Crippen MR) is 72.3 cm³/mol. The quantitative estimate of drug-likeness (QED) is 0.898. The molecule has 0 spiro atoms. The van der Waals surface area contributed by atoms with Gasteiger partial charge in [0.2, 0.25) is 0 Å². The zero-order valence-electron chi connectivity index (χ0n) is 11.5. The zero-order chi connectivity index (χ0) is 15.6. The van der Waals surface area contributed by atoms with Crippen LogP contribution in [-0.2, 0) is 0 Å². The topological polar surface area (TPSA) is 69.6 Å². The van der Waals surface area contributed by atoms with Gasteiger partial charge >= 0.3 is 12.0 Å². The van der Waals surface area contributed by atoms with E-state index in [0.717, 1.165) is 25.3 Å². The molecule has 114 valence electrons. The second-order valence-corrected chi connectivity index (χ2v) is 5.22. The summed E-state index contributed by atoms with van der Waals surface area (Å²) < 4.78 is 26.8. The molecule has 1 fully saturated rings. The first kappa shape index (κ1) is 15.2. The molecule has 1 aliphatic rings. The smallest absolute Gasteiger partial charge is 0.338 e. The van der Waals surface area contributed by atoms with Gasteiger partial charge in [-0.15, -0.1) is 0 Å². The standard InChI is InChI=1S/C14H16F2N2O3/c1-18(7-8-3-2-4-8)14(21)17-12-5-9(13(19)20)10(15)6-11(12)16/h5-6,8H,2-4,7H2,1H3,(H,17,21)(H,19,20). The molecule has 0 saturated heterocycles. The Morgan fingerprint density at radius 3 is 2.52 bits per heavy atom. The summed E-state index contributed by atoms with van der Waals surface area (Å²) >= 11 is 0. The Bertz CT molecular complexity index is 574. The molecular weight excluding hydrogens is 282 g/mol. The number of hydrogen-bond acceptors (Lipinski definition) is 2. The zero-order valence-corrected chi connectivity index (χ0v) is 11.5. The van der Waals surface area contributed by atoms with E-state index in [-0.39, 0.29) is 5.69 Å². The normalized spacial score (nSPS) is 14.4. The van der Waals surface area contributed by atoms with Crippen LogP contribution in [0.25, 0.3) is 0 Å². The SMILES string of the molecule is CN(CC1CCC1)C(=O)Nc1cc(C(=O)O)c(F)cc1F. The monoisotopic (exact) mass is 298 g/mol. The second-order valence-electron chi connectivity index (χ2n) is 5.22. The van der Waals surface area contributed by atoms with E-state index in [1.54, 1.807) is 7.05 Å². The van der Waals surface area contributed by atoms with E-state index in [2.05, 4.69) is 5.32 Å². The first-order chi connectivity index (χ1) is 9.88. The number of anilines is 1. The number of carboxylic acid groups (broad SMARTS) is 1. The van der Waals surface area contributed by atoms with Crippen molar-refractivity contribution in [3.05, 3.63) is 29.3 Å². The molecule has 21 heavy (non-hydrogen) atoms. The Labute approximate surface area is 120 Å². The van der Waals surface area contributed by atoms with Crippen LogP contribution in [0.2, 0.25) is 0 Å². The fourth-order valence-corrected chi connectivity index (χ4v) is 2.16. The van der Waals surface area contributed by atoms with Gasteiger partial charge in [0.15, 0.2) is 0 Å². The van der Waals surface area contributed by atoms with Crippen molar-refractivity contribution in [1.29, 1.82) is 0 Å². The van der Waals surface area contributed by atoms with Gasteiger partial charge in [-0.1, -0.05) is 6.42 Å². The minimum Gasteiger partial charge on any atom is -0.478 e. The van der Waals surface area contributed by atoms with Crippen LogP contribution in [0.15, 0.2) is 12.1 Å². The van der Waals surface area contributed by atoms with Crippen LogP contribution in [-0.4, -0.2) is 35.6 Å². The average molecular weight is 298 g/mol. The highest BCUT2D eigenvalue weighted by molar-refractivity contribution is 5.93. The van der Waals surface area contributed by atoms with Crippen molar-refractivity contribution in [2.75, 3.05) is 18.9 Å². The maximum absolute atomic E-state index is 13.6. The fourth-order valence-electron chi connectivity index (χ4n) is 2.16. The summed E-state index contributed by atoms with van der Waals surface area (Å²) in [4.78, 5) is 24.1. The maximum atomic E-state index is 13.6. The van der Waals surface area contributed by atoms with E-state index < -0.39 is 29.2 Å². The molecule has 2 amide bonds. The highest BCUT2D eigenvalue weighted by Crippen LogP contribution is 2.27. The van der Waals surface area contributed by atoms with Gasteiger partial charge in [0, 0.05) is 19.7 Å². The highest BCUT2D eigenvalue weighted by Gasteiger charge is 2.22. The molecule has 7 heteroatoms. The van der Waals surface area contributed by atoms with Crippen molar-refractivity contribution in [1.82, 2.24) is 4.90 Å². The Morgan fingerprint density at radius 2 is 2.00 bits per heavy atom. The van der Waals surface area contributed by atoms with Gasteiger partial charge in [-0.25, -0.2) is 18.4 Å². The first-order valence-corrected chi connectivity index (χ1v) is 6.63. The largest absolute Gasteiger partial charge is 0.478 e. The molecule has 2 rings (SSSR count). The molecule has 5 nitrogen and oxygen atoms in total. The van der Waals surface area contributed by atoms with Crippen LogP contribution in [0, 0.1) is 17.6 Å². The lowest BCUT2D eigenvalue weighted by Gasteiger charge is -2.30. The van der Waals surface area contributed by atoms with Crippen LogP contribution in [0.5, 0.6) is 0 Å². The molecule has 0 unspecified atom stereocenters. The third-order valence-electron chi connectivity index (χ3n) is 3.63. The summed E-state index contributed by atoms with van der Waals surface area (Å²) in [6.07, 6.45) is 3.27. The van der Waals surface area contributed by atoms with Crippen molar-refractivity contribution in [3.8, 4) is 0 Å². The lowest BCUT2D eigenvalue weighted by atomic mass is 9.85. The molecule has 1 aliphatic carbocycles. The summed E-state index contributed by atoms with van der Waals surface area (Å²) in [6, 6.07) is 0.677. The van der Waals surface area contributed by atoms with Gasteiger partial charge in [-0.3, -0.25) is 0 Å². The number of nitrogens with zero attached hydrogens (tertiary/aromatic N) is 1. The summed E-state index contributed by atoms with van der Waals surface area (Å²) in [7, 11) is 1.58. The third kappa shape index (κ3) is 3.48. The minimum absolute atomic E-state index is 0.348. The number of halogens is 2. The Balaban J connectivity index is 2.08. The van der Waals surface area contributed by atoms with E-state index in [4.69, 9.17) is 5.11 Å². The van der Waals surface area contributed by atoms with Gasteiger partial charge in [-0.05, 0) is 24.8 Å². The summed E-state index contributed by atoms with van der Waals surface area (Å²) in [5.41, 5.74) is -1.03. The molecule has 1 aromatic rings. The van der Waals surface area contributed by atoms with Crippen LogP contribution in [0.3, 0.4) is 0 Å². The van der Waals surface area contributed by atoms with E-state index in [9.17, 15) is 18.4 Å². The molecule has 0 radical (unpaired) electrons. The van der Waals surface area contributed by atoms with E-state index in [1.165, 1.54) is 4.90 Å². The molecule has 1 aromatic carbocycles. The van der Waals surface area contributed by atoms with Crippen LogP contribution < -0.4 is 5.32 Å². The van der Waals surface area contributed by atoms with Crippen molar-refractivity contribution in [2.45, 2.75) is 19.3 Å². The van der Waals surface area contributed by atoms with Crippen LogP contribution in [0.4, 0.5) is 19.3 Å². The van der Waals surface area contributed by atoms with Crippen molar-refractivity contribution >= 4 is 17.7 Å². The van der Waals surface area contributed by atoms with E-state index in [0.29, 0.717) is 18.5 Å². The van der Waals surface area contributed by atoms with Gasteiger partial charge in [-0.2, -0.15) is 0 Å². The minimum atomic E-state index is -1.52. The highest BCUT2D eigenvalue weighted by atomic mass is 19.1. The van der Waals surface area contributed by atoms with Crippen LogP contribution in [0.1, 0.15) is 29.6 Å². The Kier molecular flexibility index (Phi) is 4.40. The second kappa shape index (κ2) is 6.07. The summed E-state index contributed by atoms with van der Waals surface area (Å²) in [5.74, 6) is -3.26. The molecule has 1 saturated carbocycles. The Morgan fingerprint density at radius 1 is 1.33 bits per heavy atom. The average Bonchev–Trinajstić information content (AvgIpc) is 2.36. The number of hydrogen-bond donors (Lipinski definition) is 2. The van der Waals surface area contributed by atoms with Gasteiger partial charge in [0.1, 0.15) is 11.6 Å². The first-order valence-electron chi connectivity index (χ1n) is 6.63. The maximum Gasteiger partial charge on any atom is 0.338 e. The number of carbonyl (C=O) groups excluding carboxylic acids is 1. The molecular formula is C14H16F2N2O3.